The summed E-state index contributed by atoms with van der Waals surface area (Å²) in [5.41, 5.74) is 1.57. The lowest BCUT2D eigenvalue weighted by Crippen LogP contribution is -2.25. The monoisotopic (exact) mass is 234 g/mol. The smallest absolute Gasteiger partial charge is 0.183 e. The molecule has 0 atom stereocenters. The molecule has 0 unspecified atom stereocenters. The van der Waals surface area contributed by atoms with Crippen molar-refractivity contribution < 1.29 is 0 Å². The van der Waals surface area contributed by atoms with Crippen LogP contribution in [-0.2, 0) is 7.05 Å². The van der Waals surface area contributed by atoms with Gasteiger partial charge in [-0.3, -0.25) is 0 Å². The second-order valence-corrected chi connectivity index (χ2v) is 4.02. The van der Waals surface area contributed by atoms with Gasteiger partial charge in [0.25, 0.3) is 0 Å². The summed E-state index contributed by atoms with van der Waals surface area (Å²) in [5.74, 6) is 0.888. The first-order valence-corrected chi connectivity index (χ1v) is 6.03. The zero-order valence-electron chi connectivity index (χ0n) is 10.6. The molecule has 0 aliphatic carbocycles. The minimum atomic E-state index is 0.782. The van der Waals surface area contributed by atoms with Gasteiger partial charge in [-0.1, -0.05) is 18.6 Å². The SMILES string of the molecule is CCCCN(CC)c1ncnc2c1nnn2C. The van der Waals surface area contributed by atoms with E-state index in [9.17, 15) is 0 Å². The molecule has 2 rings (SSSR count). The van der Waals surface area contributed by atoms with Crippen LogP contribution >= 0.6 is 0 Å². The Morgan fingerprint density at radius 1 is 1.29 bits per heavy atom. The molecule has 0 aromatic carbocycles. The molecule has 6 heteroatoms. The molecule has 0 saturated carbocycles. The molecule has 6 nitrogen and oxygen atoms in total. The van der Waals surface area contributed by atoms with Crippen molar-refractivity contribution in [3.05, 3.63) is 6.33 Å². The van der Waals surface area contributed by atoms with Crippen LogP contribution in [0.25, 0.3) is 11.2 Å². The fraction of sp³-hybridized carbons (Fsp3) is 0.636. The zero-order chi connectivity index (χ0) is 12.3. The summed E-state index contributed by atoms with van der Waals surface area (Å²) < 4.78 is 1.67. The third kappa shape index (κ3) is 2.20. The highest BCUT2D eigenvalue weighted by molar-refractivity contribution is 5.82. The number of hydrogen-bond donors (Lipinski definition) is 0. The molecule has 0 radical (unpaired) electrons. The van der Waals surface area contributed by atoms with Gasteiger partial charge in [-0.05, 0) is 13.3 Å². The summed E-state index contributed by atoms with van der Waals surface area (Å²) >= 11 is 0. The molecule has 0 amide bonds. The van der Waals surface area contributed by atoms with Gasteiger partial charge < -0.3 is 4.90 Å². The maximum atomic E-state index is 4.34. The zero-order valence-corrected chi connectivity index (χ0v) is 10.6. The van der Waals surface area contributed by atoms with Crippen molar-refractivity contribution in [2.45, 2.75) is 26.7 Å². The molecule has 0 fully saturated rings. The topological polar surface area (TPSA) is 59.7 Å². The molecule has 92 valence electrons. The van der Waals surface area contributed by atoms with Crippen LogP contribution in [-0.4, -0.2) is 38.1 Å². The molecule has 0 aliphatic rings. The van der Waals surface area contributed by atoms with Crippen LogP contribution in [0.4, 0.5) is 5.82 Å². The van der Waals surface area contributed by atoms with Gasteiger partial charge in [0.2, 0.25) is 0 Å². The van der Waals surface area contributed by atoms with Crippen molar-refractivity contribution in [2.75, 3.05) is 18.0 Å². The summed E-state index contributed by atoms with van der Waals surface area (Å²) in [6.45, 7) is 6.23. The fourth-order valence-corrected chi connectivity index (χ4v) is 1.84. The van der Waals surface area contributed by atoms with Gasteiger partial charge in [0.15, 0.2) is 17.0 Å². The van der Waals surface area contributed by atoms with Crippen molar-refractivity contribution in [1.29, 1.82) is 0 Å². The Balaban J connectivity index is 2.39. The Hall–Kier alpha value is -1.72. The Morgan fingerprint density at radius 2 is 2.12 bits per heavy atom. The van der Waals surface area contributed by atoms with Gasteiger partial charge in [0.1, 0.15) is 6.33 Å². The number of fused-ring (bicyclic) bond motifs is 1. The van der Waals surface area contributed by atoms with E-state index in [0.29, 0.717) is 0 Å². The van der Waals surface area contributed by atoms with Gasteiger partial charge in [-0.15, -0.1) is 5.10 Å². The lowest BCUT2D eigenvalue weighted by Gasteiger charge is -2.21. The van der Waals surface area contributed by atoms with Crippen LogP contribution in [0.1, 0.15) is 26.7 Å². The molecular weight excluding hydrogens is 216 g/mol. The normalized spacial score (nSPS) is 11.0. The molecular formula is C11H18N6. The van der Waals surface area contributed by atoms with Crippen molar-refractivity contribution in [2.24, 2.45) is 7.05 Å². The van der Waals surface area contributed by atoms with Gasteiger partial charge in [-0.2, -0.15) is 0 Å². The Labute approximate surface area is 101 Å². The second-order valence-electron chi connectivity index (χ2n) is 4.02. The first-order valence-electron chi connectivity index (χ1n) is 6.03. The lowest BCUT2D eigenvalue weighted by atomic mass is 10.3. The second kappa shape index (κ2) is 5.07. The molecule has 0 spiro atoms. The van der Waals surface area contributed by atoms with E-state index >= 15 is 0 Å². The van der Waals surface area contributed by atoms with E-state index in [1.54, 1.807) is 11.0 Å². The van der Waals surface area contributed by atoms with Gasteiger partial charge in [0.05, 0.1) is 0 Å². The molecule has 0 saturated heterocycles. The Morgan fingerprint density at radius 3 is 2.82 bits per heavy atom. The molecule has 2 aromatic heterocycles. The highest BCUT2D eigenvalue weighted by Gasteiger charge is 2.14. The van der Waals surface area contributed by atoms with E-state index in [2.05, 4.69) is 39.0 Å². The number of anilines is 1. The molecule has 2 aromatic rings. The van der Waals surface area contributed by atoms with Crippen molar-refractivity contribution in [3.8, 4) is 0 Å². The minimum absolute atomic E-state index is 0.782. The van der Waals surface area contributed by atoms with Gasteiger partial charge >= 0.3 is 0 Å². The predicted octanol–water partition coefficient (Wildman–Crippen LogP) is 1.38. The summed E-state index contributed by atoms with van der Waals surface area (Å²) in [7, 11) is 1.84. The lowest BCUT2D eigenvalue weighted by molar-refractivity contribution is 0.724. The van der Waals surface area contributed by atoms with E-state index in [0.717, 1.165) is 36.5 Å². The molecule has 17 heavy (non-hydrogen) atoms. The Kier molecular flexibility index (Phi) is 3.51. The first-order chi connectivity index (χ1) is 8.27. The van der Waals surface area contributed by atoms with Crippen LogP contribution in [0.2, 0.25) is 0 Å². The standard InChI is InChI=1S/C11H18N6/c1-4-6-7-17(5-2)11-9-10(12-8-13-11)16(3)15-14-9/h8H,4-7H2,1-3H3. The van der Waals surface area contributed by atoms with Gasteiger partial charge in [0, 0.05) is 20.1 Å². The number of unbranched alkanes of at least 4 members (excludes halogenated alkanes) is 1. The number of nitrogens with zero attached hydrogens (tertiary/aromatic N) is 6. The molecule has 2 heterocycles. The number of aromatic nitrogens is 5. The van der Waals surface area contributed by atoms with E-state index in [1.807, 2.05) is 7.05 Å². The average Bonchev–Trinajstić information content (AvgIpc) is 2.73. The van der Waals surface area contributed by atoms with Crippen LogP contribution in [0.5, 0.6) is 0 Å². The van der Waals surface area contributed by atoms with Crippen LogP contribution in [0, 0.1) is 0 Å². The summed E-state index contributed by atoms with van der Waals surface area (Å²) in [6.07, 6.45) is 3.90. The van der Waals surface area contributed by atoms with Crippen LogP contribution in [0.3, 0.4) is 0 Å². The maximum absolute atomic E-state index is 4.34. The molecule has 0 bridgehead atoms. The molecule has 0 aliphatic heterocycles. The summed E-state index contributed by atoms with van der Waals surface area (Å²) in [6, 6.07) is 0. The Bertz CT molecular complexity index is 492. The quantitative estimate of drug-likeness (QED) is 0.782. The average molecular weight is 234 g/mol. The highest BCUT2D eigenvalue weighted by atomic mass is 15.4. The summed E-state index contributed by atoms with van der Waals surface area (Å²) in [4.78, 5) is 10.8. The first kappa shape index (κ1) is 11.8. The number of rotatable bonds is 5. The number of hydrogen-bond acceptors (Lipinski definition) is 5. The van der Waals surface area contributed by atoms with Gasteiger partial charge in [-0.25, -0.2) is 14.6 Å². The van der Waals surface area contributed by atoms with E-state index in [1.165, 1.54) is 6.42 Å². The molecule has 0 N–H and O–H groups in total. The van der Waals surface area contributed by atoms with Crippen LogP contribution < -0.4 is 4.90 Å². The highest BCUT2D eigenvalue weighted by Crippen LogP contribution is 2.19. The third-order valence-corrected chi connectivity index (χ3v) is 2.83. The van der Waals surface area contributed by atoms with Crippen molar-refractivity contribution in [1.82, 2.24) is 25.0 Å². The predicted molar refractivity (Wildman–Crippen MR) is 66.9 cm³/mol. The largest absolute Gasteiger partial charge is 0.355 e. The maximum Gasteiger partial charge on any atom is 0.183 e. The van der Waals surface area contributed by atoms with Crippen molar-refractivity contribution >= 4 is 17.0 Å². The number of aryl methyl sites for hydroxylation is 1. The van der Waals surface area contributed by atoms with Crippen LogP contribution in [0.15, 0.2) is 6.33 Å². The fourth-order valence-electron chi connectivity index (χ4n) is 1.84. The third-order valence-electron chi connectivity index (χ3n) is 2.83. The van der Waals surface area contributed by atoms with Crippen molar-refractivity contribution in [3.63, 3.8) is 0 Å². The minimum Gasteiger partial charge on any atom is -0.355 e. The summed E-state index contributed by atoms with van der Waals surface area (Å²) in [5, 5.41) is 8.13. The van der Waals surface area contributed by atoms with E-state index in [4.69, 9.17) is 0 Å². The van der Waals surface area contributed by atoms with E-state index < -0.39 is 0 Å². The van der Waals surface area contributed by atoms with E-state index in [-0.39, 0.29) is 0 Å².